The van der Waals surface area contributed by atoms with Crippen LogP contribution < -0.4 is 18.9 Å². The van der Waals surface area contributed by atoms with Gasteiger partial charge in [0.15, 0.2) is 35.2 Å². The van der Waals surface area contributed by atoms with E-state index in [1.54, 1.807) is 24.3 Å². The average molecular weight is 452 g/mol. The molecule has 0 aliphatic carbocycles. The fourth-order valence-corrected chi connectivity index (χ4v) is 3.33. The number of fused-ring (bicyclic) bond motifs is 2. The lowest BCUT2D eigenvalue weighted by molar-refractivity contribution is -0.0318. The Labute approximate surface area is 175 Å². The number of ether oxygens (including phenoxy) is 5. The molecule has 0 saturated carbocycles. The largest absolute Gasteiger partial charge is 0.486 e. The second kappa shape index (κ2) is 8.02. The first-order valence-electron chi connectivity index (χ1n) is 8.14. The van der Waals surface area contributed by atoms with Gasteiger partial charge in [0.05, 0.1) is 33.3 Å². The third-order valence-corrected chi connectivity index (χ3v) is 5.46. The summed E-state index contributed by atoms with van der Waals surface area (Å²) in [6.45, 7) is 1.36. The van der Waals surface area contributed by atoms with Crippen LogP contribution in [-0.2, 0) is 4.74 Å². The van der Waals surface area contributed by atoms with Gasteiger partial charge < -0.3 is 23.7 Å². The van der Waals surface area contributed by atoms with Crippen molar-refractivity contribution >= 4 is 46.4 Å². The van der Waals surface area contributed by atoms with Crippen molar-refractivity contribution in [2.75, 3.05) is 26.4 Å². The van der Waals surface area contributed by atoms with Gasteiger partial charge in [0.25, 0.3) is 0 Å². The van der Waals surface area contributed by atoms with Crippen LogP contribution >= 0.6 is 46.4 Å². The minimum Gasteiger partial charge on any atom is -0.486 e. The van der Waals surface area contributed by atoms with E-state index in [0.717, 1.165) is 0 Å². The molecule has 27 heavy (non-hydrogen) atoms. The van der Waals surface area contributed by atoms with E-state index in [9.17, 15) is 0 Å². The Morgan fingerprint density at radius 1 is 0.667 bits per heavy atom. The summed E-state index contributed by atoms with van der Waals surface area (Å²) in [5.41, 5.74) is 0. The summed E-state index contributed by atoms with van der Waals surface area (Å²) in [6.07, 6.45) is -0.528. The van der Waals surface area contributed by atoms with Gasteiger partial charge in [-0.2, -0.15) is 0 Å². The maximum atomic E-state index is 6.01. The highest BCUT2D eigenvalue weighted by Crippen LogP contribution is 2.40. The minimum atomic E-state index is -0.264. The smallest absolute Gasteiger partial charge is 0.163 e. The van der Waals surface area contributed by atoms with Gasteiger partial charge >= 0.3 is 0 Å². The summed E-state index contributed by atoms with van der Waals surface area (Å²) in [6, 6.07) is 6.54. The van der Waals surface area contributed by atoms with Crippen LogP contribution in [0.4, 0.5) is 0 Å². The first-order valence-corrected chi connectivity index (χ1v) is 9.65. The SMILES string of the molecule is Clc1cc2c(cc1Cl)OC(COCC1COc3cc(Cl)c(Cl)cc3O1)CO2. The molecular formula is C18H14Cl4O5. The van der Waals surface area contributed by atoms with E-state index in [0.29, 0.717) is 69.5 Å². The molecule has 2 aliphatic heterocycles. The first-order chi connectivity index (χ1) is 13.0. The Bertz CT molecular complexity index is 791. The average Bonchev–Trinajstić information content (AvgIpc) is 2.64. The van der Waals surface area contributed by atoms with Crippen LogP contribution in [0.1, 0.15) is 0 Å². The summed E-state index contributed by atoms with van der Waals surface area (Å²) < 4.78 is 28.7. The normalized spacial score (nSPS) is 20.4. The van der Waals surface area contributed by atoms with Crippen molar-refractivity contribution in [2.24, 2.45) is 0 Å². The van der Waals surface area contributed by atoms with Crippen LogP contribution in [0.15, 0.2) is 24.3 Å². The van der Waals surface area contributed by atoms with Crippen LogP contribution in [0, 0.1) is 0 Å². The second-order valence-electron chi connectivity index (χ2n) is 6.07. The fourth-order valence-electron chi connectivity index (χ4n) is 2.72. The van der Waals surface area contributed by atoms with Gasteiger partial charge in [-0.05, 0) is 0 Å². The molecule has 2 aromatic carbocycles. The summed E-state index contributed by atoms with van der Waals surface area (Å²) in [7, 11) is 0. The molecule has 0 saturated heterocycles. The number of rotatable bonds is 4. The number of hydrogen-bond acceptors (Lipinski definition) is 5. The van der Waals surface area contributed by atoms with Crippen molar-refractivity contribution in [1.82, 2.24) is 0 Å². The molecule has 0 bridgehead atoms. The van der Waals surface area contributed by atoms with Crippen molar-refractivity contribution < 1.29 is 23.7 Å². The van der Waals surface area contributed by atoms with Crippen LogP contribution in [-0.4, -0.2) is 38.6 Å². The zero-order valence-corrected chi connectivity index (χ0v) is 16.9. The van der Waals surface area contributed by atoms with Crippen molar-refractivity contribution in [2.45, 2.75) is 12.2 Å². The molecule has 0 spiro atoms. The Morgan fingerprint density at radius 2 is 1.04 bits per heavy atom. The molecule has 0 aromatic heterocycles. The summed E-state index contributed by atoms with van der Waals surface area (Å²) >= 11 is 24.0. The van der Waals surface area contributed by atoms with E-state index >= 15 is 0 Å². The monoisotopic (exact) mass is 450 g/mol. The number of halogens is 4. The fraction of sp³-hybridized carbons (Fsp3) is 0.333. The lowest BCUT2D eigenvalue weighted by atomic mass is 10.2. The molecule has 0 amide bonds. The summed E-state index contributed by atoms with van der Waals surface area (Å²) in [5, 5.41) is 1.66. The summed E-state index contributed by atoms with van der Waals surface area (Å²) in [4.78, 5) is 0. The lowest BCUT2D eigenvalue weighted by Gasteiger charge is -2.29. The van der Waals surface area contributed by atoms with Crippen molar-refractivity contribution in [3.05, 3.63) is 44.4 Å². The topological polar surface area (TPSA) is 46.2 Å². The van der Waals surface area contributed by atoms with Gasteiger partial charge in [-0.3, -0.25) is 0 Å². The molecule has 2 aromatic rings. The molecule has 9 heteroatoms. The Kier molecular flexibility index (Phi) is 5.67. The van der Waals surface area contributed by atoms with Gasteiger partial charge in [-0.1, -0.05) is 46.4 Å². The van der Waals surface area contributed by atoms with E-state index in [1.165, 1.54) is 0 Å². The van der Waals surface area contributed by atoms with Gasteiger partial charge in [0.1, 0.15) is 13.2 Å². The third kappa shape index (κ3) is 4.28. The standard InChI is InChI=1S/C18H14Cl4O5/c19-11-1-15-17(3-13(11)21)26-9(7-24-15)5-23-6-10-8-25-16-2-12(20)14(22)4-18(16)27-10/h1-4,9-10H,5-8H2. The maximum absolute atomic E-state index is 6.01. The van der Waals surface area contributed by atoms with Gasteiger partial charge in [0, 0.05) is 24.3 Å². The Morgan fingerprint density at radius 3 is 1.44 bits per heavy atom. The lowest BCUT2D eigenvalue weighted by Crippen LogP contribution is -2.37. The highest BCUT2D eigenvalue weighted by atomic mass is 35.5. The minimum absolute atomic E-state index is 0.264. The molecule has 2 heterocycles. The molecule has 2 atom stereocenters. The van der Waals surface area contributed by atoms with E-state index in [-0.39, 0.29) is 12.2 Å². The van der Waals surface area contributed by atoms with Crippen molar-refractivity contribution in [3.63, 3.8) is 0 Å². The molecule has 0 fully saturated rings. The maximum Gasteiger partial charge on any atom is 0.163 e. The van der Waals surface area contributed by atoms with Crippen LogP contribution in [0.2, 0.25) is 20.1 Å². The van der Waals surface area contributed by atoms with Crippen molar-refractivity contribution in [1.29, 1.82) is 0 Å². The van der Waals surface area contributed by atoms with Gasteiger partial charge in [-0.15, -0.1) is 0 Å². The van der Waals surface area contributed by atoms with E-state index < -0.39 is 0 Å². The number of benzene rings is 2. The Hall–Kier alpha value is -1.24. The zero-order chi connectivity index (χ0) is 19.0. The predicted octanol–water partition coefficient (Wildman–Crippen LogP) is 5.30. The number of hydrogen-bond donors (Lipinski definition) is 0. The molecule has 5 nitrogen and oxygen atoms in total. The van der Waals surface area contributed by atoms with E-state index in [4.69, 9.17) is 70.1 Å². The molecule has 144 valence electrons. The predicted molar refractivity (Wildman–Crippen MR) is 104 cm³/mol. The van der Waals surface area contributed by atoms with E-state index in [1.807, 2.05) is 0 Å². The molecule has 2 aliphatic rings. The highest BCUT2D eigenvalue weighted by Gasteiger charge is 2.25. The van der Waals surface area contributed by atoms with Crippen LogP contribution in [0.3, 0.4) is 0 Å². The van der Waals surface area contributed by atoms with Crippen LogP contribution in [0.25, 0.3) is 0 Å². The molecule has 4 rings (SSSR count). The molecule has 0 N–H and O–H groups in total. The Balaban J connectivity index is 1.29. The first kappa shape index (κ1) is 19.1. The molecular weight excluding hydrogens is 438 g/mol. The molecule has 0 radical (unpaired) electrons. The second-order valence-corrected chi connectivity index (χ2v) is 7.69. The van der Waals surface area contributed by atoms with Crippen LogP contribution in [0.5, 0.6) is 23.0 Å². The third-order valence-electron chi connectivity index (χ3n) is 4.02. The highest BCUT2D eigenvalue weighted by molar-refractivity contribution is 6.42. The quantitative estimate of drug-likeness (QED) is 0.631. The summed E-state index contributed by atoms with van der Waals surface area (Å²) in [5.74, 6) is 2.22. The molecule has 2 unspecified atom stereocenters. The van der Waals surface area contributed by atoms with Crippen molar-refractivity contribution in [3.8, 4) is 23.0 Å². The van der Waals surface area contributed by atoms with Gasteiger partial charge in [-0.25, -0.2) is 0 Å². The zero-order valence-electron chi connectivity index (χ0n) is 13.8. The van der Waals surface area contributed by atoms with Gasteiger partial charge in [0.2, 0.25) is 0 Å². The van der Waals surface area contributed by atoms with E-state index in [2.05, 4.69) is 0 Å².